The van der Waals surface area contributed by atoms with Crippen LogP contribution in [0.3, 0.4) is 0 Å². The highest BCUT2D eigenvalue weighted by Crippen LogP contribution is 2.43. The van der Waals surface area contributed by atoms with Crippen molar-refractivity contribution in [2.45, 2.75) is 24.5 Å². The Morgan fingerprint density at radius 2 is 1.91 bits per heavy atom. The molecule has 0 radical (unpaired) electrons. The van der Waals surface area contributed by atoms with E-state index in [2.05, 4.69) is 34.4 Å². The summed E-state index contributed by atoms with van der Waals surface area (Å²) in [6.07, 6.45) is 3.57. The Labute approximate surface area is 196 Å². The minimum Gasteiger partial charge on any atom is -0.494 e. The van der Waals surface area contributed by atoms with E-state index < -0.39 is 11.6 Å². The van der Waals surface area contributed by atoms with E-state index >= 15 is 0 Å². The van der Waals surface area contributed by atoms with Crippen molar-refractivity contribution in [3.8, 4) is 5.75 Å². The van der Waals surface area contributed by atoms with Gasteiger partial charge in [0.1, 0.15) is 5.75 Å². The summed E-state index contributed by atoms with van der Waals surface area (Å²) in [6.45, 7) is 8.38. The van der Waals surface area contributed by atoms with E-state index in [4.69, 9.17) is 19.6 Å². The van der Waals surface area contributed by atoms with Gasteiger partial charge in [-0.3, -0.25) is 4.79 Å². The molecule has 0 fully saturated rings. The first kappa shape index (κ1) is 23.8. The molecule has 6 nitrogen and oxygen atoms in total. The minimum absolute atomic E-state index is 0.0828. The lowest BCUT2D eigenvalue weighted by Gasteiger charge is -2.29. The lowest BCUT2D eigenvalue weighted by atomic mass is 9.84. The smallest absolute Gasteiger partial charge is 0.252 e. The van der Waals surface area contributed by atoms with Crippen LogP contribution in [0.1, 0.15) is 30.1 Å². The fourth-order valence-electron chi connectivity index (χ4n) is 3.49. The molecule has 0 saturated carbocycles. The number of aliphatic hydroxyl groups is 1. The van der Waals surface area contributed by atoms with Crippen molar-refractivity contribution < 1.29 is 19.4 Å². The van der Waals surface area contributed by atoms with Crippen molar-refractivity contribution in [3.05, 3.63) is 89.4 Å². The number of carbonyl (C=O) groups excluding carboxylic acids is 1. The average Bonchev–Trinajstić information content (AvgIpc) is 3.19. The maximum absolute atomic E-state index is 13.3. The molecule has 2 atom stereocenters. The highest BCUT2D eigenvalue weighted by Gasteiger charge is 2.52. The van der Waals surface area contributed by atoms with E-state index in [1.165, 1.54) is 0 Å². The number of halogens is 1. The minimum atomic E-state index is -1.19. The quantitative estimate of drug-likeness (QED) is 0.356. The number of aliphatic imine (C=N–C) groups is 1. The molecule has 2 N–H and O–H groups in total. The van der Waals surface area contributed by atoms with Crippen LogP contribution in [0.15, 0.2) is 83.3 Å². The van der Waals surface area contributed by atoms with Gasteiger partial charge in [-0.25, -0.2) is 4.99 Å². The molecule has 1 heterocycles. The SMILES string of the molecule is C=CCNC(=O)[C@]1(CC=C)N=C(c2ccc(OCCCO)cc2)O[C@@H]1c1ccc(Br)cc1. The van der Waals surface area contributed by atoms with Crippen molar-refractivity contribution in [1.29, 1.82) is 0 Å². The maximum atomic E-state index is 13.3. The summed E-state index contributed by atoms with van der Waals surface area (Å²) >= 11 is 3.45. The van der Waals surface area contributed by atoms with E-state index in [-0.39, 0.29) is 12.5 Å². The van der Waals surface area contributed by atoms with E-state index in [0.717, 1.165) is 15.6 Å². The van der Waals surface area contributed by atoms with Gasteiger partial charge in [-0.1, -0.05) is 40.2 Å². The Morgan fingerprint density at radius 3 is 2.53 bits per heavy atom. The average molecular weight is 499 g/mol. The van der Waals surface area contributed by atoms with Crippen LogP contribution in [0.5, 0.6) is 5.75 Å². The summed E-state index contributed by atoms with van der Waals surface area (Å²) in [5.74, 6) is 0.825. The summed E-state index contributed by atoms with van der Waals surface area (Å²) in [6, 6.07) is 15.0. The number of rotatable bonds is 11. The number of hydrogen-bond acceptors (Lipinski definition) is 5. The summed E-state index contributed by atoms with van der Waals surface area (Å²) < 4.78 is 12.8. The van der Waals surface area contributed by atoms with Crippen LogP contribution in [0.2, 0.25) is 0 Å². The Balaban J connectivity index is 1.96. The molecule has 1 aliphatic heterocycles. The van der Waals surface area contributed by atoms with Crippen molar-refractivity contribution >= 4 is 27.7 Å². The van der Waals surface area contributed by atoms with Crippen LogP contribution in [0.4, 0.5) is 0 Å². The zero-order valence-electron chi connectivity index (χ0n) is 17.8. The summed E-state index contributed by atoms with van der Waals surface area (Å²) in [5.41, 5.74) is 0.389. The highest BCUT2D eigenvalue weighted by atomic mass is 79.9. The molecule has 0 unspecified atom stereocenters. The Morgan fingerprint density at radius 1 is 1.19 bits per heavy atom. The van der Waals surface area contributed by atoms with Crippen LogP contribution in [-0.4, -0.2) is 42.2 Å². The first-order chi connectivity index (χ1) is 15.5. The first-order valence-corrected chi connectivity index (χ1v) is 11.2. The summed E-state index contributed by atoms with van der Waals surface area (Å²) in [5, 5.41) is 11.8. The number of nitrogens with zero attached hydrogens (tertiary/aromatic N) is 1. The van der Waals surface area contributed by atoms with Gasteiger partial charge < -0.3 is 19.9 Å². The molecule has 7 heteroatoms. The fourth-order valence-corrected chi connectivity index (χ4v) is 3.76. The molecule has 0 aliphatic carbocycles. The molecule has 0 saturated heterocycles. The zero-order valence-corrected chi connectivity index (χ0v) is 19.4. The van der Waals surface area contributed by atoms with Gasteiger partial charge in [-0.2, -0.15) is 0 Å². The lowest BCUT2D eigenvalue weighted by Crippen LogP contribution is -2.48. The monoisotopic (exact) mass is 498 g/mol. The number of carbonyl (C=O) groups is 1. The van der Waals surface area contributed by atoms with Gasteiger partial charge in [0.05, 0.1) is 6.61 Å². The van der Waals surface area contributed by atoms with Crippen molar-refractivity contribution in [2.75, 3.05) is 19.8 Å². The summed E-state index contributed by atoms with van der Waals surface area (Å²) in [4.78, 5) is 18.1. The Kier molecular flexibility index (Phi) is 8.25. The van der Waals surface area contributed by atoms with Crippen molar-refractivity contribution in [3.63, 3.8) is 0 Å². The van der Waals surface area contributed by atoms with Gasteiger partial charge in [-0.05, 0) is 42.0 Å². The van der Waals surface area contributed by atoms with Crippen LogP contribution in [-0.2, 0) is 9.53 Å². The molecule has 1 aliphatic rings. The lowest BCUT2D eigenvalue weighted by molar-refractivity contribution is -0.128. The molecule has 0 aromatic heterocycles. The number of hydrogen-bond donors (Lipinski definition) is 2. The molecule has 2 aromatic rings. The number of benzene rings is 2. The normalized spacial score (nSPS) is 19.6. The molecule has 3 rings (SSSR count). The van der Waals surface area contributed by atoms with E-state index in [1.807, 2.05) is 48.5 Å². The van der Waals surface area contributed by atoms with Gasteiger partial charge in [0.25, 0.3) is 5.91 Å². The molecule has 1 amide bonds. The number of aliphatic hydroxyl groups excluding tert-OH is 1. The second-order valence-electron chi connectivity index (χ2n) is 7.33. The molecular weight excluding hydrogens is 472 g/mol. The number of ether oxygens (including phenoxy) is 2. The molecular formula is C25H27BrN2O4. The predicted molar refractivity (Wildman–Crippen MR) is 129 cm³/mol. The van der Waals surface area contributed by atoms with Crippen LogP contribution in [0.25, 0.3) is 0 Å². The predicted octanol–water partition coefficient (Wildman–Crippen LogP) is 4.35. The number of amides is 1. The molecule has 2 aromatic carbocycles. The molecule has 0 spiro atoms. The topological polar surface area (TPSA) is 80.2 Å². The van der Waals surface area contributed by atoms with E-state index in [1.54, 1.807) is 12.2 Å². The van der Waals surface area contributed by atoms with Crippen LogP contribution >= 0.6 is 15.9 Å². The van der Waals surface area contributed by atoms with Gasteiger partial charge in [-0.15, -0.1) is 13.2 Å². The van der Waals surface area contributed by atoms with Gasteiger partial charge in [0.15, 0.2) is 11.6 Å². The summed E-state index contributed by atoms with van der Waals surface area (Å²) in [7, 11) is 0. The van der Waals surface area contributed by atoms with Crippen LogP contribution in [0, 0.1) is 0 Å². The maximum Gasteiger partial charge on any atom is 0.252 e. The fraction of sp³-hybridized carbons (Fsp3) is 0.280. The first-order valence-electron chi connectivity index (χ1n) is 10.4. The molecule has 0 bridgehead atoms. The standard InChI is InChI=1S/C25H27BrN2O4/c1-3-14-25(24(30)27-15-4-2)22(18-6-10-20(26)11-7-18)32-23(28-25)19-8-12-21(13-9-19)31-17-5-16-29/h3-4,6-13,22,29H,1-2,5,14-17H2,(H,27,30)/t22-,25-/m1/s1. The highest BCUT2D eigenvalue weighted by molar-refractivity contribution is 9.10. The van der Waals surface area contributed by atoms with E-state index in [0.29, 0.717) is 37.6 Å². The number of nitrogens with one attached hydrogen (secondary N) is 1. The third kappa shape index (κ3) is 5.29. The van der Waals surface area contributed by atoms with Crippen LogP contribution < -0.4 is 10.1 Å². The third-order valence-corrected chi connectivity index (χ3v) is 5.59. The largest absolute Gasteiger partial charge is 0.494 e. The van der Waals surface area contributed by atoms with Gasteiger partial charge in [0.2, 0.25) is 5.90 Å². The second kappa shape index (κ2) is 11.1. The second-order valence-corrected chi connectivity index (χ2v) is 8.25. The molecule has 32 heavy (non-hydrogen) atoms. The van der Waals surface area contributed by atoms with Gasteiger partial charge in [0, 0.05) is 36.0 Å². The zero-order chi connectivity index (χ0) is 23.0. The van der Waals surface area contributed by atoms with Gasteiger partial charge >= 0.3 is 0 Å². The molecule has 168 valence electrons. The third-order valence-electron chi connectivity index (χ3n) is 5.07. The van der Waals surface area contributed by atoms with E-state index in [9.17, 15) is 4.79 Å². The van der Waals surface area contributed by atoms with Crippen molar-refractivity contribution in [2.24, 2.45) is 4.99 Å². The Hall–Kier alpha value is -2.90. The van der Waals surface area contributed by atoms with Crippen molar-refractivity contribution in [1.82, 2.24) is 5.32 Å². The Bertz CT molecular complexity index is 972.